The highest BCUT2D eigenvalue weighted by atomic mass is 35.5. The molecule has 18 heavy (non-hydrogen) atoms. The van der Waals surface area contributed by atoms with Crippen molar-refractivity contribution in [1.82, 2.24) is 4.98 Å². The molecule has 0 bridgehead atoms. The Hall–Kier alpha value is -1.94. The number of ketones is 1. The summed E-state index contributed by atoms with van der Waals surface area (Å²) >= 11 is 5.76. The van der Waals surface area contributed by atoms with Crippen LogP contribution in [0.5, 0.6) is 0 Å². The van der Waals surface area contributed by atoms with Gasteiger partial charge in [0.1, 0.15) is 11.6 Å². The molecule has 0 aliphatic rings. The average molecular weight is 265 g/mol. The van der Waals surface area contributed by atoms with E-state index in [1.165, 1.54) is 18.3 Å². The summed E-state index contributed by atoms with van der Waals surface area (Å²) < 4.78 is 13.6. The molecule has 0 aliphatic carbocycles. The molecule has 3 nitrogen and oxygen atoms in total. The Labute approximate surface area is 108 Å². The van der Waals surface area contributed by atoms with Crippen molar-refractivity contribution in [3.63, 3.8) is 0 Å². The number of pyridine rings is 1. The second kappa shape index (κ2) is 4.74. The number of nitrogen functional groups attached to an aromatic ring is 1. The molecular weight excluding hydrogens is 255 g/mol. The second-order valence-electron chi connectivity index (χ2n) is 3.84. The van der Waals surface area contributed by atoms with Gasteiger partial charge in [-0.3, -0.25) is 4.79 Å². The number of carbonyl (C=O) groups is 1. The van der Waals surface area contributed by atoms with E-state index in [1.54, 1.807) is 13.0 Å². The van der Waals surface area contributed by atoms with Crippen LogP contribution in [0.15, 0.2) is 30.5 Å². The van der Waals surface area contributed by atoms with E-state index in [0.717, 1.165) is 6.07 Å². The Kier molecular flexibility index (Phi) is 3.30. The van der Waals surface area contributed by atoms with Gasteiger partial charge in [-0.2, -0.15) is 0 Å². The minimum absolute atomic E-state index is 0.0828. The molecule has 0 radical (unpaired) electrons. The lowest BCUT2D eigenvalue weighted by Crippen LogP contribution is -2.10. The lowest BCUT2D eigenvalue weighted by molar-refractivity contribution is 0.103. The smallest absolute Gasteiger partial charge is 0.199 e. The summed E-state index contributed by atoms with van der Waals surface area (Å²) in [6.45, 7) is 1.72. The number of benzene rings is 1. The van der Waals surface area contributed by atoms with Crippen LogP contribution in [0.2, 0.25) is 5.02 Å². The van der Waals surface area contributed by atoms with E-state index in [2.05, 4.69) is 4.98 Å². The van der Waals surface area contributed by atoms with Gasteiger partial charge in [-0.25, -0.2) is 9.37 Å². The number of nitrogens with two attached hydrogens (primary N) is 1. The highest BCUT2D eigenvalue weighted by Gasteiger charge is 2.19. The number of rotatable bonds is 2. The lowest BCUT2D eigenvalue weighted by Gasteiger charge is -2.08. The monoisotopic (exact) mass is 264 g/mol. The summed E-state index contributed by atoms with van der Waals surface area (Å²) in [5.74, 6) is -1.07. The summed E-state index contributed by atoms with van der Waals surface area (Å²) in [5.41, 5.74) is 6.41. The van der Waals surface area contributed by atoms with Crippen molar-refractivity contribution >= 4 is 23.2 Å². The number of carbonyl (C=O) groups excluding carboxylic acids is 1. The van der Waals surface area contributed by atoms with Gasteiger partial charge >= 0.3 is 0 Å². The van der Waals surface area contributed by atoms with E-state index < -0.39 is 11.6 Å². The van der Waals surface area contributed by atoms with Gasteiger partial charge in [0.05, 0.1) is 11.1 Å². The van der Waals surface area contributed by atoms with Crippen LogP contribution in [-0.4, -0.2) is 10.8 Å². The lowest BCUT2D eigenvalue weighted by atomic mass is 10.00. The summed E-state index contributed by atoms with van der Waals surface area (Å²) in [7, 11) is 0. The maximum absolute atomic E-state index is 13.6. The van der Waals surface area contributed by atoms with Gasteiger partial charge in [-0.15, -0.1) is 0 Å². The summed E-state index contributed by atoms with van der Waals surface area (Å²) in [6.07, 6.45) is 1.50. The van der Waals surface area contributed by atoms with Crippen LogP contribution in [0.25, 0.3) is 0 Å². The topological polar surface area (TPSA) is 56.0 Å². The van der Waals surface area contributed by atoms with Crippen molar-refractivity contribution in [1.29, 1.82) is 0 Å². The van der Waals surface area contributed by atoms with Gasteiger partial charge in [0.2, 0.25) is 0 Å². The zero-order valence-electron chi connectivity index (χ0n) is 9.58. The largest absolute Gasteiger partial charge is 0.383 e. The fourth-order valence-electron chi connectivity index (χ4n) is 1.68. The second-order valence-corrected chi connectivity index (χ2v) is 4.28. The van der Waals surface area contributed by atoms with Gasteiger partial charge in [0.15, 0.2) is 5.78 Å². The molecule has 0 atom stereocenters. The van der Waals surface area contributed by atoms with E-state index in [1.807, 2.05) is 0 Å². The molecule has 1 aromatic carbocycles. The van der Waals surface area contributed by atoms with Gasteiger partial charge in [-0.1, -0.05) is 11.6 Å². The van der Waals surface area contributed by atoms with E-state index in [-0.39, 0.29) is 16.9 Å². The predicted molar refractivity (Wildman–Crippen MR) is 68.2 cm³/mol. The summed E-state index contributed by atoms with van der Waals surface area (Å²) in [5, 5.41) is 0.292. The number of nitrogens with zero attached hydrogens (tertiary/aromatic N) is 1. The van der Waals surface area contributed by atoms with E-state index in [4.69, 9.17) is 17.3 Å². The molecule has 2 rings (SSSR count). The first-order valence-corrected chi connectivity index (χ1v) is 5.59. The number of halogens is 2. The molecule has 0 spiro atoms. The molecule has 2 N–H and O–H groups in total. The average Bonchev–Trinajstić information content (AvgIpc) is 2.32. The van der Waals surface area contributed by atoms with Crippen LogP contribution < -0.4 is 5.73 Å². The predicted octanol–water partition coefficient (Wildman–Crippen LogP) is 3.00. The molecule has 0 fully saturated rings. The normalized spacial score (nSPS) is 10.4. The molecular formula is C13H10ClFN2O. The summed E-state index contributed by atoms with van der Waals surface area (Å²) in [4.78, 5) is 16.1. The van der Waals surface area contributed by atoms with Crippen LogP contribution in [-0.2, 0) is 0 Å². The van der Waals surface area contributed by atoms with Crippen LogP contribution in [0.3, 0.4) is 0 Å². The quantitative estimate of drug-likeness (QED) is 0.849. The van der Waals surface area contributed by atoms with Crippen LogP contribution in [0.1, 0.15) is 21.5 Å². The minimum Gasteiger partial charge on any atom is -0.383 e. The zero-order valence-corrected chi connectivity index (χ0v) is 10.3. The minimum atomic E-state index is -0.632. The first-order valence-electron chi connectivity index (χ1n) is 5.21. The molecule has 5 heteroatoms. The third kappa shape index (κ3) is 2.19. The van der Waals surface area contributed by atoms with Crippen molar-refractivity contribution in [2.24, 2.45) is 0 Å². The fourth-order valence-corrected chi connectivity index (χ4v) is 1.85. The number of hydrogen-bond acceptors (Lipinski definition) is 3. The molecule has 92 valence electrons. The van der Waals surface area contributed by atoms with Crippen molar-refractivity contribution in [2.45, 2.75) is 6.92 Å². The summed E-state index contributed by atoms with van der Waals surface area (Å²) in [6, 6.07) is 5.46. The van der Waals surface area contributed by atoms with Crippen LogP contribution >= 0.6 is 11.6 Å². The molecule has 1 aromatic heterocycles. The van der Waals surface area contributed by atoms with Crippen molar-refractivity contribution < 1.29 is 9.18 Å². The standard InChI is InChI=1S/C13H10ClFN2O/c1-7-4-5-17-13(16)11(7)12(18)9-6-8(14)2-3-10(9)15/h2-6H,1H3,(H2,16,17). The zero-order chi connectivity index (χ0) is 13.3. The molecule has 1 heterocycles. The van der Waals surface area contributed by atoms with Gasteiger partial charge in [-0.05, 0) is 36.8 Å². The van der Waals surface area contributed by atoms with Gasteiger partial charge < -0.3 is 5.73 Å². The highest BCUT2D eigenvalue weighted by Crippen LogP contribution is 2.22. The van der Waals surface area contributed by atoms with Crippen LogP contribution in [0, 0.1) is 12.7 Å². The van der Waals surface area contributed by atoms with Gasteiger partial charge in [0.25, 0.3) is 0 Å². The Morgan fingerprint density at radius 2 is 2.11 bits per heavy atom. The molecule has 2 aromatic rings. The van der Waals surface area contributed by atoms with Crippen molar-refractivity contribution in [2.75, 3.05) is 5.73 Å². The Morgan fingerprint density at radius 3 is 2.78 bits per heavy atom. The SMILES string of the molecule is Cc1ccnc(N)c1C(=O)c1cc(Cl)ccc1F. The van der Waals surface area contributed by atoms with Crippen molar-refractivity contribution in [3.8, 4) is 0 Å². The van der Waals surface area contributed by atoms with Gasteiger partial charge in [0, 0.05) is 11.2 Å². The first-order chi connectivity index (χ1) is 8.50. The third-order valence-corrected chi connectivity index (χ3v) is 2.82. The van der Waals surface area contributed by atoms with E-state index in [9.17, 15) is 9.18 Å². The Morgan fingerprint density at radius 1 is 1.39 bits per heavy atom. The third-order valence-electron chi connectivity index (χ3n) is 2.59. The number of aryl methyl sites for hydroxylation is 1. The van der Waals surface area contributed by atoms with Crippen LogP contribution in [0.4, 0.5) is 10.2 Å². The Bertz CT molecular complexity index is 608. The molecule has 0 saturated heterocycles. The fraction of sp³-hybridized carbons (Fsp3) is 0.0769. The number of aromatic nitrogens is 1. The molecule has 0 amide bonds. The number of hydrogen-bond donors (Lipinski definition) is 1. The highest BCUT2D eigenvalue weighted by molar-refractivity contribution is 6.31. The number of anilines is 1. The first kappa shape index (κ1) is 12.5. The maximum Gasteiger partial charge on any atom is 0.199 e. The maximum atomic E-state index is 13.6. The van der Waals surface area contributed by atoms with Crippen molar-refractivity contribution in [3.05, 3.63) is 58.0 Å². The molecule has 0 aliphatic heterocycles. The molecule has 0 unspecified atom stereocenters. The molecule has 0 saturated carbocycles. The Balaban J connectivity index is 2.58. The van der Waals surface area contributed by atoms with E-state index in [0.29, 0.717) is 10.6 Å². The van der Waals surface area contributed by atoms with E-state index >= 15 is 0 Å².